The number of nitrogens with zero attached hydrogens (tertiary/aromatic N) is 1. The molecule has 23 heavy (non-hydrogen) atoms. The van der Waals surface area contributed by atoms with Crippen LogP contribution in [0, 0.1) is 11.8 Å². The van der Waals surface area contributed by atoms with Gasteiger partial charge in [-0.05, 0) is 77.0 Å². The third-order valence-corrected chi connectivity index (χ3v) is 5.43. The minimum atomic E-state index is 0.773. The van der Waals surface area contributed by atoms with E-state index >= 15 is 0 Å². The maximum atomic E-state index is 3.59. The van der Waals surface area contributed by atoms with Crippen LogP contribution in [0.2, 0.25) is 0 Å². The van der Waals surface area contributed by atoms with E-state index in [1.54, 1.807) is 0 Å². The van der Waals surface area contributed by atoms with E-state index < -0.39 is 0 Å². The molecule has 1 N–H and O–H groups in total. The molecule has 0 heterocycles. The van der Waals surface area contributed by atoms with E-state index in [2.05, 4.69) is 51.9 Å². The summed E-state index contributed by atoms with van der Waals surface area (Å²) in [7, 11) is 2.31. The lowest BCUT2D eigenvalue weighted by Crippen LogP contribution is -2.37. The van der Waals surface area contributed by atoms with Crippen molar-refractivity contribution < 1.29 is 0 Å². The van der Waals surface area contributed by atoms with Gasteiger partial charge in [0.25, 0.3) is 0 Å². The van der Waals surface area contributed by atoms with Gasteiger partial charge in [-0.1, -0.05) is 53.9 Å². The summed E-state index contributed by atoms with van der Waals surface area (Å²) in [5.41, 5.74) is 0. The Hall–Kier alpha value is -0.0800. The standard InChI is InChI=1S/C21H46N2/c1-7-10-11-17-22-18-12-14-19(4)15-16-21(23(6)9-3)20(5)13-8-2/h19-22H,7-18H2,1-6H3. The molecular formula is C21H46N2. The van der Waals surface area contributed by atoms with Gasteiger partial charge in [-0.25, -0.2) is 0 Å². The van der Waals surface area contributed by atoms with Crippen LogP contribution in [0.1, 0.15) is 92.4 Å². The third-order valence-electron chi connectivity index (χ3n) is 5.43. The summed E-state index contributed by atoms with van der Waals surface area (Å²) in [6.07, 6.45) is 12.2. The molecule has 0 rings (SSSR count). The lowest BCUT2D eigenvalue weighted by Gasteiger charge is -2.33. The van der Waals surface area contributed by atoms with Crippen LogP contribution in [0.25, 0.3) is 0 Å². The molecule has 3 atom stereocenters. The maximum absolute atomic E-state index is 3.59. The molecule has 0 aliphatic heterocycles. The van der Waals surface area contributed by atoms with Crippen LogP contribution in [0.3, 0.4) is 0 Å². The highest BCUT2D eigenvalue weighted by molar-refractivity contribution is 4.75. The van der Waals surface area contributed by atoms with Gasteiger partial charge in [-0.15, -0.1) is 0 Å². The molecule has 0 bridgehead atoms. The molecular weight excluding hydrogens is 280 g/mol. The van der Waals surface area contributed by atoms with Crippen molar-refractivity contribution in [1.29, 1.82) is 0 Å². The fourth-order valence-electron chi connectivity index (χ4n) is 3.62. The Labute approximate surface area is 147 Å². The van der Waals surface area contributed by atoms with Crippen molar-refractivity contribution in [2.45, 2.75) is 98.4 Å². The lowest BCUT2D eigenvalue weighted by atomic mass is 9.88. The largest absolute Gasteiger partial charge is 0.317 e. The van der Waals surface area contributed by atoms with E-state index in [4.69, 9.17) is 0 Å². The molecule has 0 aromatic heterocycles. The highest BCUT2D eigenvalue weighted by Crippen LogP contribution is 2.23. The van der Waals surface area contributed by atoms with Gasteiger partial charge < -0.3 is 10.2 Å². The maximum Gasteiger partial charge on any atom is 0.0118 e. The molecule has 3 unspecified atom stereocenters. The SMILES string of the molecule is CCCCCNCCCC(C)CCC(C(C)CCC)N(C)CC. The second-order valence-corrected chi connectivity index (χ2v) is 7.69. The summed E-state index contributed by atoms with van der Waals surface area (Å²) in [5.74, 6) is 1.70. The van der Waals surface area contributed by atoms with Gasteiger partial charge in [0.1, 0.15) is 0 Å². The Kier molecular flexibility index (Phi) is 15.4. The Morgan fingerprint density at radius 3 is 2.09 bits per heavy atom. The molecule has 2 heteroatoms. The van der Waals surface area contributed by atoms with Gasteiger partial charge in [0, 0.05) is 6.04 Å². The van der Waals surface area contributed by atoms with E-state index in [1.807, 2.05) is 0 Å². The second kappa shape index (κ2) is 15.4. The van der Waals surface area contributed by atoms with Crippen molar-refractivity contribution in [1.82, 2.24) is 10.2 Å². The molecule has 0 aromatic rings. The first-order chi connectivity index (χ1) is 11.1. The van der Waals surface area contributed by atoms with E-state index in [1.165, 1.54) is 77.4 Å². The number of rotatable bonds is 16. The van der Waals surface area contributed by atoms with E-state index in [0.717, 1.165) is 17.9 Å². The number of hydrogen-bond acceptors (Lipinski definition) is 2. The summed E-state index contributed by atoms with van der Waals surface area (Å²) in [5, 5.41) is 3.59. The summed E-state index contributed by atoms with van der Waals surface area (Å²) in [6.45, 7) is 15.4. The van der Waals surface area contributed by atoms with Crippen molar-refractivity contribution >= 4 is 0 Å². The molecule has 0 spiro atoms. The van der Waals surface area contributed by atoms with Gasteiger partial charge >= 0.3 is 0 Å². The zero-order valence-electron chi connectivity index (χ0n) is 17.2. The highest BCUT2D eigenvalue weighted by Gasteiger charge is 2.20. The normalized spacial score (nSPS) is 15.8. The van der Waals surface area contributed by atoms with Crippen LogP contribution in [0.15, 0.2) is 0 Å². The predicted molar refractivity (Wildman–Crippen MR) is 106 cm³/mol. The summed E-state index contributed by atoms with van der Waals surface area (Å²) in [6, 6.07) is 0.773. The Balaban J connectivity index is 3.87. The van der Waals surface area contributed by atoms with Crippen molar-refractivity contribution in [2.24, 2.45) is 11.8 Å². The van der Waals surface area contributed by atoms with Crippen LogP contribution >= 0.6 is 0 Å². The highest BCUT2D eigenvalue weighted by atomic mass is 15.1. The molecule has 0 saturated carbocycles. The van der Waals surface area contributed by atoms with Crippen LogP contribution in [-0.2, 0) is 0 Å². The van der Waals surface area contributed by atoms with Crippen LogP contribution in [-0.4, -0.2) is 37.6 Å². The summed E-state index contributed by atoms with van der Waals surface area (Å²) >= 11 is 0. The molecule has 140 valence electrons. The lowest BCUT2D eigenvalue weighted by molar-refractivity contribution is 0.164. The fourth-order valence-corrected chi connectivity index (χ4v) is 3.62. The monoisotopic (exact) mass is 326 g/mol. The molecule has 0 aromatic carbocycles. The smallest absolute Gasteiger partial charge is 0.0118 e. The molecule has 0 aliphatic carbocycles. The second-order valence-electron chi connectivity index (χ2n) is 7.69. The van der Waals surface area contributed by atoms with Crippen molar-refractivity contribution in [3.8, 4) is 0 Å². The summed E-state index contributed by atoms with van der Waals surface area (Å²) < 4.78 is 0. The van der Waals surface area contributed by atoms with E-state index in [-0.39, 0.29) is 0 Å². The molecule has 0 fully saturated rings. The first-order valence-corrected chi connectivity index (χ1v) is 10.5. The van der Waals surface area contributed by atoms with Crippen LogP contribution in [0.5, 0.6) is 0 Å². The van der Waals surface area contributed by atoms with Gasteiger partial charge in [0.15, 0.2) is 0 Å². The number of hydrogen-bond donors (Lipinski definition) is 1. The van der Waals surface area contributed by atoms with Gasteiger partial charge in [0.2, 0.25) is 0 Å². The van der Waals surface area contributed by atoms with Gasteiger partial charge in [0.05, 0.1) is 0 Å². The minimum Gasteiger partial charge on any atom is -0.317 e. The number of unbranched alkanes of at least 4 members (excludes halogenated alkanes) is 2. The molecule has 0 amide bonds. The molecule has 0 saturated heterocycles. The predicted octanol–water partition coefficient (Wildman–Crippen LogP) is 5.72. The van der Waals surface area contributed by atoms with E-state index in [9.17, 15) is 0 Å². The van der Waals surface area contributed by atoms with Crippen molar-refractivity contribution in [2.75, 3.05) is 26.7 Å². The molecule has 0 radical (unpaired) electrons. The van der Waals surface area contributed by atoms with Crippen LogP contribution < -0.4 is 5.32 Å². The zero-order chi connectivity index (χ0) is 17.5. The third kappa shape index (κ3) is 12.0. The van der Waals surface area contributed by atoms with E-state index in [0.29, 0.717) is 0 Å². The first-order valence-electron chi connectivity index (χ1n) is 10.5. The topological polar surface area (TPSA) is 15.3 Å². The first kappa shape index (κ1) is 22.9. The average molecular weight is 327 g/mol. The van der Waals surface area contributed by atoms with Gasteiger partial charge in [-0.2, -0.15) is 0 Å². The zero-order valence-corrected chi connectivity index (χ0v) is 17.2. The fraction of sp³-hybridized carbons (Fsp3) is 1.00. The van der Waals surface area contributed by atoms with Crippen molar-refractivity contribution in [3.05, 3.63) is 0 Å². The quantitative estimate of drug-likeness (QED) is 0.365. The molecule has 0 aliphatic rings. The van der Waals surface area contributed by atoms with Gasteiger partial charge in [-0.3, -0.25) is 0 Å². The van der Waals surface area contributed by atoms with Crippen LogP contribution in [0.4, 0.5) is 0 Å². The minimum absolute atomic E-state index is 0.773. The number of nitrogens with one attached hydrogen (secondary N) is 1. The summed E-state index contributed by atoms with van der Waals surface area (Å²) in [4.78, 5) is 2.57. The Bertz CT molecular complexity index is 242. The molecule has 2 nitrogen and oxygen atoms in total. The Morgan fingerprint density at radius 1 is 0.783 bits per heavy atom. The average Bonchev–Trinajstić information content (AvgIpc) is 2.54. The Morgan fingerprint density at radius 2 is 1.48 bits per heavy atom. The van der Waals surface area contributed by atoms with Crippen molar-refractivity contribution in [3.63, 3.8) is 0 Å².